The van der Waals surface area contributed by atoms with Crippen molar-refractivity contribution in [2.45, 2.75) is 19.6 Å². The van der Waals surface area contributed by atoms with E-state index in [9.17, 15) is 14.4 Å². The van der Waals surface area contributed by atoms with Gasteiger partial charge in [-0.15, -0.1) is 0 Å². The number of hydrogen-bond donors (Lipinski definition) is 1. The number of ether oxygens (including phenoxy) is 1. The van der Waals surface area contributed by atoms with Crippen LogP contribution in [0.2, 0.25) is 0 Å². The van der Waals surface area contributed by atoms with Crippen LogP contribution >= 0.6 is 11.3 Å². The maximum Gasteiger partial charge on any atom is 0.415 e. The van der Waals surface area contributed by atoms with Crippen LogP contribution in [0, 0.1) is 0 Å². The van der Waals surface area contributed by atoms with E-state index in [1.807, 2.05) is 6.92 Å². The first-order chi connectivity index (χ1) is 10.0. The summed E-state index contributed by atoms with van der Waals surface area (Å²) in [5.41, 5.74) is 6.56. The Morgan fingerprint density at radius 1 is 1.48 bits per heavy atom. The Morgan fingerprint density at radius 2 is 2.24 bits per heavy atom. The summed E-state index contributed by atoms with van der Waals surface area (Å²) >= 11 is 1.12. The summed E-state index contributed by atoms with van der Waals surface area (Å²) in [4.78, 5) is 36.0. The highest BCUT2D eigenvalue weighted by Crippen LogP contribution is 2.27. The molecule has 2 heterocycles. The van der Waals surface area contributed by atoms with Crippen molar-refractivity contribution in [3.8, 4) is 0 Å². The number of aromatic nitrogens is 1. The third kappa shape index (κ3) is 2.17. The number of carbonyl (C=O) groups excluding carboxylic acids is 2. The molecule has 0 unspecified atom stereocenters. The van der Waals surface area contributed by atoms with Gasteiger partial charge < -0.3 is 10.5 Å². The van der Waals surface area contributed by atoms with Gasteiger partial charge in [0.2, 0.25) is 0 Å². The lowest BCUT2D eigenvalue weighted by Crippen LogP contribution is -2.32. The van der Waals surface area contributed by atoms with Crippen LogP contribution in [0.25, 0.3) is 10.2 Å². The second kappa shape index (κ2) is 4.88. The van der Waals surface area contributed by atoms with Crippen LogP contribution in [0.4, 0.5) is 10.5 Å². The van der Waals surface area contributed by atoms with Gasteiger partial charge in [-0.25, -0.2) is 4.79 Å². The lowest BCUT2D eigenvalue weighted by molar-refractivity contribution is -0.124. The molecule has 3 rings (SSSR count). The van der Waals surface area contributed by atoms with Crippen molar-refractivity contribution in [1.29, 1.82) is 0 Å². The van der Waals surface area contributed by atoms with Crippen LogP contribution < -0.4 is 15.5 Å². The predicted molar refractivity (Wildman–Crippen MR) is 78.6 cm³/mol. The highest BCUT2D eigenvalue weighted by atomic mass is 32.1. The monoisotopic (exact) mass is 307 g/mol. The first kappa shape index (κ1) is 13.6. The van der Waals surface area contributed by atoms with Gasteiger partial charge in [-0.05, 0) is 25.1 Å². The van der Waals surface area contributed by atoms with Gasteiger partial charge in [-0.2, -0.15) is 0 Å². The van der Waals surface area contributed by atoms with Gasteiger partial charge >= 0.3 is 11.0 Å². The number of anilines is 1. The summed E-state index contributed by atoms with van der Waals surface area (Å²) < 4.78 is 7.35. The lowest BCUT2D eigenvalue weighted by Gasteiger charge is -2.12. The molecule has 1 fully saturated rings. The molecular weight excluding hydrogens is 294 g/mol. The molecule has 2 amide bonds. The number of rotatable bonds is 3. The van der Waals surface area contributed by atoms with E-state index in [0.717, 1.165) is 21.6 Å². The predicted octanol–water partition coefficient (Wildman–Crippen LogP) is 0.893. The number of benzene rings is 1. The summed E-state index contributed by atoms with van der Waals surface area (Å²) in [6.07, 6.45) is -1.55. The van der Waals surface area contributed by atoms with Gasteiger partial charge in [0.15, 0.2) is 6.10 Å². The normalized spacial score (nSPS) is 18.2. The smallest absolute Gasteiger partial charge is 0.415 e. The van der Waals surface area contributed by atoms with Crippen molar-refractivity contribution in [3.05, 3.63) is 27.9 Å². The third-order valence-electron chi connectivity index (χ3n) is 3.41. The van der Waals surface area contributed by atoms with Gasteiger partial charge in [0, 0.05) is 12.2 Å². The molecule has 7 nitrogen and oxygen atoms in total. The van der Waals surface area contributed by atoms with Crippen LogP contribution in [-0.2, 0) is 16.1 Å². The molecule has 0 saturated carbocycles. The van der Waals surface area contributed by atoms with Crippen molar-refractivity contribution < 1.29 is 14.3 Å². The van der Waals surface area contributed by atoms with Gasteiger partial charge in [0.05, 0.1) is 16.8 Å². The highest BCUT2D eigenvalue weighted by molar-refractivity contribution is 7.16. The van der Waals surface area contributed by atoms with E-state index in [-0.39, 0.29) is 11.4 Å². The first-order valence-corrected chi connectivity index (χ1v) is 7.23. The Bertz CT molecular complexity index is 794. The number of cyclic esters (lactones) is 1. The van der Waals surface area contributed by atoms with E-state index in [4.69, 9.17) is 10.5 Å². The van der Waals surface area contributed by atoms with Gasteiger partial charge in [0.1, 0.15) is 0 Å². The Kier molecular flexibility index (Phi) is 3.17. The SMILES string of the molecule is CCn1c(=O)sc2cc(N3C[C@H](C(N)=O)OC3=O)ccc21. The molecule has 0 bridgehead atoms. The van der Waals surface area contributed by atoms with Gasteiger partial charge in [0.25, 0.3) is 5.91 Å². The largest absolute Gasteiger partial charge is 0.434 e. The highest BCUT2D eigenvalue weighted by Gasteiger charge is 2.35. The van der Waals surface area contributed by atoms with Crippen molar-refractivity contribution in [2.75, 3.05) is 11.4 Å². The second-order valence-corrected chi connectivity index (χ2v) is 5.64. The van der Waals surface area contributed by atoms with Crippen molar-refractivity contribution in [1.82, 2.24) is 4.57 Å². The number of carbonyl (C=O) groups is 2. The van der Waals surface area contributed by atoms with E-state index in [2.05, 4.69) is 0 Å². The number of aryl methyl sites for hydroxylation is 1. The van der Waals surface area contributed by atoms with Gasteiger partial charge in [-0.1, -0.05) is 11.3 Å². The summed E-state index contributed by atoms with van der Waals surface area (Å²) in [6.45, 7) is 2.58. The average Bonchev–Trinajstić information content (AvgIpc) is 2.97. The summed E-state index contributed by atoms with van der Waals surface area (Å²) in [7, 11) is 0. The van der Waals surface area contributed by atoms with Crippen molar-refractivity contribution >= 4 is 39.2 Å². The fraction of sp³-hybridized carbons (Fsp3) is 0.308. The van der Waals surface area contributed by atoms with Crippen molar-refractivity contribution in [2.24, 2.45) is 5.73 Å². The molecular formula is C13H13N3O4S. The second-order valence-electron chi connectivity index (χ2n) is 4.65. The number of amides is 2. The van der Waals surface area contributed by atoms with E-state index >= 15 is 0 Å². The molecule has 0 radical (unpaired) electrons. The van der Waals surface area contributed by atoms with E-state index < -0.39 is 18.1 Å². The summed E-state index contributed by atoms with van der Waals surface area (Å²) in [5.74, 6) is -0.672. The number of primary amides is 1. The fourth-order valence-corrected chi connectivity index (χ4v) is 3.33. The number of hydrogen-bond acceptors (Lipinski definition) is 5. The van der Waals surface area contributed by atoms with Crippen LogP contribution in [0.15, 0.2) is 23.0 Å². The number of thiazole rings is 1. The molecule has 21 heavy (non-hydrogen) atoms. The quantitative estimate of drug-likeness (QED) is 0.911. The third-order valence-corrected chi connectivity index (χ3v) is 4.35. The first-order valence-electron chi connectivity index (χ1n) is 6.42. The number of nitrogens with two attached hydrogens (primary N) is 1. The molecule has 1 atom stereocenters. The zero-order chi connectivity index (χ0) is 15.1. The minimum atomic E-state index is -0.938. The van der Waals surface area contributed by atoms with Crippen LogP contribution in [0.5, 0.6) is 0 Å². The van der Waals surface area contributed by atoms with Crippen LogP contribution in [-0.4, -0.2) is 29.2 Å². The maximum atomic E-state index is 11.8. The van der Waals surface area contributed by atoms with Gasteiger partial charge in [-0.3, -0.25) is 19.1 Å². The molecule has 110 valence electrons. The van der Waals surface area contributed by atoms with E-state index in [1.165, 1.54) is 4.90 Å². The minimum absolute atomic E-state index is 0.0383. The fourth-order valence-electron chi connectivity index (χ4n) is 2.34. The molecule has 0 spiro atoms. The zero-order valence-electron chi connectivity index (χ0n) is 11.2. The lowest BCUT2D eigenvalue weighted by atomic mass is 10.2. The molecule has 8 heteroatoms. The Labute approximate surface area is 123 Å². The maximum absolute atomic E-state index is 11.8. The summed E-state index contributed by atoms with van der Waals surface area (Å²) in [5, 5.41) is 0. The van der Waals surface area contributed by atoms with Crippen LogP contribution in [0.1, 0.15) is 6.92 Å². The van der Waals surface area contributed by atoms with Crippen LogP contribution in [0.3, 0.4) is 0 Å². The standard InChI is InChI=1S/C13H13N3O4S/c1-2-15-8-4-3-7(5-10(8)21-13(15)19)16-6-9(11(14)17)20-12(16)18/h3-5,9H,2,6H2,1H3,(H2,14,17)/t9-/m1/s1. The summed E-state index contributed by atoms with van der Waals surface area (Å²) in [6, 6.07) is 5.26. The molecule has 0 aliphatic carbocycles. The minimum Gasteiger partial charge on any atom is -0.434 e. The Morgan fingerprint density at radius 3 is 2.86 bits per heavy atom. The Balaban J connectivity index is 2.00. The molecule has 1 aromatic carbocycles. The van der Waals surface area contributed by atoms with E-state index in [0.29, 0.717) is 12.2 Å². The molecule has 1 aliphatic heterocycles. The molecule has 2 aromatic rings. The number of nitrogens with zero attached hydrogens (tertiary/aromatic N) is 2. The molecule has 1 saturated heterocycles. The zero-order valence-corrected chi connectivity index (χ0v) is 12.1. The number of fused-ring (bicyclic) bond motifs is 1. The topological polar surface area (TPSA) is 94.6 Å². The van der Waals surface area contributed by atoms with E-state index in [1.54, 1.807) is 22.8 Å². The average molecular weight is 307 g/mol. The van der Waals surface area contributed by atoms with Crippen molar-refractivity contribution in [3.63, 3.8) is 0 Å². The Hall–Kier alpha value is -2.35. The molecule has 1 aliphatic rings. The molecule has 2 N–H and O–H groups in total. The molecule has 1 aromatic heterocycles.